The lowest BCUT2D eigenvalue weighted by atomic mass is 9.84. The SMILES string of the molecule is CCC1(C(=O)O)CCN(CC(=O)N(C)C(C)C)C1. The molecule has 0 aromatic carbocycles. The molecule has 0 aromatic heterocycles. The topological polar surface area (TPSA) is 60.9 Å². The van der Waals surface area contributed by atoms with Gasteiger partial charge < -0.3 is 10.0 Å². The average molecular weight is 256 g/mol. The fourth-order valence-electron chi connectivity index (χ4n) is 2.30. The van der Waals surface area contributed by atoms with Crippen molar-refractivity contribution in [3.8, 4) is 0 Å². The Morgan fingerprint density at radius 1 is 1.44 bits per heavy atom. The Morgan fingerprint density at radius 2 is 2.06 bits per heavy atom. The Hall–Kier alpha value is -1.10. The Balaban J connectivity index is 2.58. The first-order valence-corrected chi connectivity index (χ1v) is 6.54. The van der Waals surface area contributed by atoms with Gasteiger partial charge >= 0.3 is 5.97 Å². The van der Waals surface area contributed by atoms with Crippen LogP contribution < -0.4 is 0 Å². The van der Waals surface area contributed by atoms with Gasteiger partial charge in [0.2, 0.25) is 5.91 Å². The number of rotatable bonds is 5. The van der Waals surface area contributed by atoms with E-state index in [9.17, 15) is 14.7 Å². The van der Waals surface area contributed by atoms with Crippen LogP contribution in [0.1, 0.15) is 33.6 Å². The van der Waals surface area contributed by atoms with Crippen molar-refractivity contribution in [2.24, 2.45) is 5.41 Å². The third kappa shape index (κ3) is 3.02. The van der Waals surface area contributed by atoms with Crippen molar-refractivity contribution in [3.63, 3.8) is 0 Å². The fourth-order valence-corrected chi connectivity index (χ4v) is 2.30. The molecule has 1 saturated heterocycles. The van der Waals surface area contributed by atoms with E-state index in [1.54, 1.807) is 11.9 Å². The molecule has 104 valence electrons. The van der Waals surface area contributed by atoms with E-state index in [0.717, 1.165) is 0 Å². The van der Waals surface area contributed by atoms with Gasteiger partial charge in [0.15, 0.2) is 0 Å². The lowest BCUT2D eigenvalue weighted by molar-refractivity contribution is -0.148. The first kappa shape index (κ1) is 15.0. The second kappa shape index (κ2) is 5.69. The number of amides is 1. The van der Waals surface area contributed by atoms with Crippen LogP contribution in [0.15, 0.2) is 0 Å². The molecule has 1 fully saturated rings. The van der Waals surface area contributed by atoms with E-state index >= 15 is 0 Å². The maximum Gasteiger partial charge on any atom is 0.310 e. The molecule has 1 atom stereocenters. The quantitative estimate of drug-likeness (QED) is 0.798. The van der Waals surface area contributed by atoms with Crippen LogP contribution in [0.4, 0.5) is 0 Å². The predicted molar refractivity (Wildman–Crippen MR) is 69.3 cm³/mol. The molecule has 1 aliphatic rings. The Kier molecular flexibility index (Phi) is 4.73. The maximum atomic E-state index is 11.9. The number of likely N-dealkylation sites (N-methyl/N-ethyl adjacent to an activating group) is 1. The molecular weight excluding hydrogens is 232 g/mol. The molecule has 1 heterocycles. The largest absolute Gasteiger partial charge is 0.481 e. The van der Waals surface area contributed by atoms with E-state index in [0.29, 0.717) is 32.5 Å². The fraction of sp³-hybridized carbons (Fsp3) is 0.846. The molecule has 0 spiro atoms. The number of carbonyl (C=O) groups is 2. The molecular formula is C13H24N2O3. The number of aliphatic carboxylic acids is 1. The van der Waals surface area contributed by atoms with Crippen LogP contribution in [0, 0.1) is 5.41 Å². The molecule has 0 bridgehead atoms. The van der Waals surface area contributed by atoms with Crippen molar-refractivity contribution in [1.29, 1.82) is 0 Å². The molecule has 18 heavy (non-hydrogen) atoms. The number of likely N-dealkylation sites (tertiary alicyclic amines) is 1. The van der Waals surface area contributed by atoms with Gasteiger partial charge in [-0.1, -0.05) is 6.92 Å². The summed E-state index contributed by atoms with van der Waals surface area (Å²) in [7, 11) is 1.79. The van der Waals surface area contributed by atoms with Gasteiger partial charge in [-0.15, -0.1) is 0 Å². The van der Waals surface area contributed by atoms with Crippen LogP contribution in [0.2, 0.25) is 0 Å². The molecule has 0 radical (unpaired) electrons. The normalized spacial score (nSPS) is 24.5. The second-order valence-electron chi connectivity index (χ2n) is 5.50. The minimum absolute atomic E-state index is 0.0577. The van der Waals surface area contributed by atoms with Crippen molar-refractivity contribution in [3.05, 3.63) is 0 Å². The highest BCUT2D eigenvalue weighted by molar-refractivity contribution is 5.79. The summed E-state index contributed by atoms with van der Waals surface area (Å²) in [5.74, 6) is -0.681. The first-order chi connectivity index (χ1) is 8.32. The van der Waals surface area contributed by atoms with E-state index in [-0.39, 0.29) is 11.9 Å². The van der Waals surface area contributed by atoms with Crippen molar-refractivity contribution in [2.75, 3.05) is 26.7 Å². The highest BCUT2D eigenvalue weighted by Crippen LogP contribution is 2.33. The van der Waals surface area contributed by atoms with Gasteiger partial charge in [-0.3, -0.25) is 14.5 Å². The van der Waals surface area contributed by atoms with Crippen LogP contribution in [0.25, 0.3) is 0 Å². The van der Waals surface area contributed by atoms with E-state index in [4.69, 9.17) is 0 Å². The van der Waals surface area contributed by atoms with Crippen LogP contribution in [-0.2, 0) is 9.59 Å². The third-order valence-corrected chi connectivity index (χ3v) is 4.09. The molecule has 0 aliphatic carbocycles. The summed E-state index contributed by atoms with van der Waals surface area (Å²) in [5.41, 5.74) is -0.656. The number of carboxylic acid groups (broad SMARTS) is 1. The second-order valence-corrected chi connectivity index (χ2v) is 5.50. The maximum absolute atomic E-state index is 11.9. The number of hydrogen-bond acceptors (Lipinski definition) is 3. The Labute approximate surface area is 109 Å². The monoisotopic (exact) mass is 256 g/mol. The Bertz CT molecular complexity index is 330. The van der Waals surface area contributed by atoms with Crippen LogP contribution in [-0.4, -0.2) is 59.5 Å². The third-order valence-electron chi connectivity index (χ3n) is 4.09. The standard InChI is InChI=1S/C13H24N2O3/c1-5-13(12(17)18)6-7-15(9-13)8-11(16)14(4)10(2)3/h10H,5-9H2,1-4H3,(H,17,18). The van der Waals surface area contributed by atoms with Gasteiger partial charge in [0.1, 0.15) is 0 Å². The highest BCUT2D eigenvalue weighted by Gasteiger charge is 2.43. The highest BCUT2D eigenvalue weighted by atomic mass is 16.4. The van der Waals surface area contributed by atoms with Gasteiger partial charge in [0, 0.05) is 19.6 Å². The van der Waals surface area contributed by atoms with Gasteiger partial charge in [-0.2, -0.15) is 0 Å². The number of carbonyl (C=O) groups excluding carboxylic acids is 1. The minimum Gasteiger partial charge on any atom is -0.481 e. The smallest absolute Gasteiger partial charge is 0.310 e. The van der Waals surface area contributed by atoms with Crippen molar-refractivity contribution in [1.82, 2.24) is 9.80 Å². The van der Waals surface area contributed by atoms with Gasteiger partial charge in [-0.25, -0.2) is 0 Å². The number of hydrogen-bond donors (Lipinski definition) is 1. The van der Waals surface area contributed by atoms with Gasteiger partial charge in [0.05, 0.1) is 12.0 Å². The summed E-state index contributed by atoms with van der Waals surface area (Å²) in [4.78, 5) is 26.9. The zero-order chi connectivity index (χ0) is 13.9. The van der Waals surface area contributed by atoms with Crippen LogP contribution >= 0.6 is 0 Å². The van der Waals surface area contributed by atoms with Crippen molar-refractivity contribution in [2.45, 2.75) is 39.7 Å². The zero-order valence-corrected chi connectivity index (χ0v) is 11.8. The van der Waals surface area contributed by atoms with Crippen molar-refractivity contribution < 1.29 is 14.7 Å². The van der Waals surface area contributed by atoms with E-state index in [2.05, 4.69) is 0 Å². The minimum atomic E-state index is -0.739. The lowest BCUT2D eigenvalue weighted by Gasteiger charge is -2.26. The molecule has 1 rings (SSSR count). The lowest BCUT2D eigenvalue weighted by Crippen LogP contribution is -2.42. The zero-order valence-electron chi connectivity index (χ0n) is 11.8. The van der Waals surface area contributed by atoms with E-state index in [1.807, 2.05) is 25.7 Å². The molecule has 1 unspecified atom stereocenters. The molecule has 1 aliphatic heterocycles. The molecule has 1 amide bonds. The predicted octanol–water partition coefficient (Wildman–Crippen LogP) is 1.04. The summed E-state index contributed by atoms with van der Waals surface area (Å²) in [6.07, 6.45) is 1.25. The average Bonchev–Trinajstić information content (AvgIpc) is 2.72. The van der Waals surface area contributed by atoms with E-state index < -0.39 is 11.4 Å². The van der Waals surface area contributed by atoms with Gasteiger partial charge in [-0.05, 0) is 33.2 Å². The summed E-state index contributed by atoms with van der Waals surface area (Å²) in [6, 6.07) is 0.176. The summed E-state index contributed by atoms with van der Waals surface area (Å²) in [6.45, 7) is 7.34. The number of nitrogens with zero attached hydrogens (tertiary/aromatic N) is 2. The molecule has 5 nitrogen and oxygen atoms in total. The first-order valence-electron chi connectivity index (χ1n) is 6.54. The van der Waals surface area contributed by atoms with E-state index in [1.165, 1.54) is 0 Å². The van der Waals surface area contributed by atoms with Gasteiger partial charge in [0.25, 0.3) is 0 Å². The molecule has 5 heteroatoms. The summed E-state index contributed by atoms with van der Waals surface area (Å²) < 4.78 is 0. The molecule has 0 saturated carbocycles. The van der Waals surface area contributed by atoms with Crippen molar-refractivity contribution >= 4 is 11.9 Å². The summed E-state index contributed by atoms with van der Waals surface area (Å²) in [5, 5.41) is 9.29. The summed E-state index contributed by atoms with van der Waals surface area (Å²) >= 11 is 0. The number of carboxylic acids is 1. The molecule has 1 N–H and O–H groups in total. The van der Waals surface area contributed by atoms with Crippen LogP contribution in [0.3, 0.4) is 0 Å². The van der Waals surface area contributed by atoms with Crippen LogP contribution in [0.5, 0.6) is 0 Å². The molecule has 0 aromatic rings. The Morgan fingerprint density at radius 3 is 2.44 bits per heavy atom.